The molecule has 0 saturated carbocycles. The molecule has 11 heavy (non-hydrogen) atoms. The van der Waals surface area contributed by atoms with Gasteiger partial charge >= 0.3 is 5.97 Å². The molecule has 0 spiro atoms. The van der Waals surface area contributed by atoms with Gasteiger partial charge in [-0.25, -0.2) is 0 Å². The molecule has 1 rings (SSSR count). The van der Waals surface area contributed by atoms with Crippen molar-refractivity contribution in [2.45, 2.75) is 38.2 Å². The number of ether oxygens (including phenoxy) is 1. The van der Waals surface area contributed by atoms with Crippen molar-refractivity contribution in [2.24, 2.45) is 0 Å². The van der Waals surface area contributed by atoms with Gasteiger partial charge in [-0.1, -0.05) is 13.3 Å². The second kappa shape index (κ2) is 3.22. The van der Waals surface area contributed by atoms with Gasteiger partial charge in [0, 0.05) is 6.42 Å². The Balaban J connectivity index is 2.48. The Hall–Kier alpha value is -0.570. The minimum atomic E-state index is -0.774. The van der Waals surface area contributed by atoms with Crippen LogP contribution in [0.5, 0.6) is 0 Å². The van der Waals surface area contributed by atoms with E-state index in [4.69, 9.17) is 4.74 Å². The molecule has 1 aliphatic rings. The summed E-state index contributed by atoms with van der Waals surface area (Å²) in [5.74, 6) is -0.271. The van der Waals surface area contributed by atoms with Crippen molar-refractivity contribution in [3.8, 4) is 0 Å². The standard InChI is InChI=1S/C8H14O3/c1-2-3-8(10)4-5-11-7(9)6-8/h10H,2-6H2,1H3. The first-order valence-electron chi connectivity index (χ1n) is 4.04. The van der Waals surface area contributed by atoms with E-state index in [0.717, 1.165) is 6.42 Å². The number of cyclic esters (lactones) is 1. The van der Waals surface area contributed by atoms with Crippen molar-refractivity contribution in [3.05, 3.63) is 0 Å². The van der Waals surface area contributed by atoms with Crippen LogP contribution in [0.4, 0.5) is 0 Å². The third-order valence-electron chi connectivity index (χ3n) is 2.02. The molecule has 0 aromatic carbocycles. The minimum Gasteiger partial charge on any atom is -0.465 e. The predicted molar refractivity (Wildman–Crippen MR) is 40.1 cm³/mol. The van der Waals surface area contributed by atoms with Crippen LogP contribution in [-0.4, -0.2) is 23.3 Å². The molecule has 1 saturated heterocycles. The summed E-state index contributed by atoms with van der Waals surface area (Å²) < 4.78 is 4.72. The average molecular weight is 158 g/mol. The van der Waals surface area contributed by atoms with Gasteiger partial charge in [0.25, 0.3) is 0 Å². The fourth-order valence-electron chi connectivity index (χ4n) is 1.44. The maximum atomic E-state index is 10.8. The summed E-state index contributed by atoms with van der Waals surface area (Å²) in [7, 11) is 0. The van der Waals surface area contributed by atoms with Crippen LogP contribution in [-0.2, 0) is 9.53 Å². The van der Waals surface area contributed by atoms with Gasteiger partial charge in [-0.2, -0.15) is 0 Å². The topological polar surface area (TPSA) is 46.5 Å². The van der Waals surface area contributed by atoms with Crippen LogP contribution in [0.1, 0.15) is 32.6 Å². The predicted octanol–water partition coefficient (Wildman–Crippen LogP) is 0.855. The van der Waals surface area contributed by atoms with Gasteiger partial charge < -0.3 is 9.84 Å². The Kier molecular flexibility index (Phi) is 2.49. The summed E-state index contributed by atoms with van der Waals surface area (Å²) in [6.45, 7) is 2.37. The number of rotatable bonds is 2. The van der Waals surface area contributed by atoms with Crippen LogP contribution in [0.25, 0.3) is 0 Å². The Labute approximate surface area is 66.4 Å². The van der Waals surface area contributed by atoms with E-state index in [9.17, 15) is 9.90 Å². The third-order valence-corrected chi connectivity index (χ3v) is 2.02. The van der Waals surface area contributed by atoms with Crippen LogP contribution >= 0.6 is 0 Å². The second-order valence-electron chi connectivity index (χ2n) is 3.12. The average Bonchev–Trinajstić information content (AvgIpc) is 1.86. The number of aliphatic hydroxyl groups is 1. The first-order valence-corrected chi connectivity index (χ1v) is 4.04. The summed E-state index contributed by atoms with van der Waals surface area (Å²) in [6.07, 6.45) is 2.36. The van der Waals surface area contributed by atoms with E-state index in [1.54, 1.807) is 0 Å². The molecule has 1 unspecified atom stereocenters. The van der Waals surface area contributed by atoms with E-state index >= 15 is 0 Å². The lowest BCUT2D eigenvalue weighted by atomic mass is 9.89. The van der Waals surface area contributed by atoms with Gasteiger partial charge in [-0.15, -0.1) is 0 Å². The molecule has 1 N–H and O–H groups in total. The molecule has 1 fully saturated rings. The monoisotopic (exact) mass is 158 g/mol. The summed E-state index contributed by atoms with van der Waals surface area (Å²) in [4.78, 5) is 10.8. The van der Waals surface area contributed by atoms with Gasteiger partial charge in [0.2, 0.25) is 0 Å². The molecule has 1 aliphatic heterocycles. The minimum absolute atomic E-state index is 0.167. The fraction of sp³-hybridized carbons (Fsp3) is 0.875. The van der Waals surface area contributed by atoms with E-state index in [2.05, 4.69) is 0 Å². The summed E-state index contributed by atoms with van der Waals surface area (Å²) in [6, 6.07) is 0. The van der Waals surface area contributed by atoms with Crippen molar-refractivity contribution in [3.63, 3.8) is 0 Å². The zero-order valence-electron chi connectivity index (χ0n) is 6.80. The fourth-order valence-corrected chi connectivity index (χ4v) is 1.44. The van der Waals surface area contributed by atoms with Crippen molar-refractivity contribution >= 4 is 5.97 Å². The molecule has 64 valence electrons. The Morgan fingerprint density at radius 2 is 2.45 bits per heavy atom. The van der Waals surface area contributed by atoms with E-state index in [-0.39, 0.29) is 12.4 Å². The maximum absolute atomic E-state index is 10.8. The molecule has 0 aromatic heterocycles. The van der Waals surface area contributed by atoms with Crippen LogP contribution < -0.4 is 0 Å². The number of carbonyl (C=O) groups excluding carboxylic acids is 1. The second-order valence-corrected chi connectivity index (χ2v) is 3.12. The molecule has 0 radical (unpaired) electrons. The van der Waals surface area contributed by atoms with Crippen LogP contribution in [0.3, 0.4) is 0 Å². The maximum Gasteiger partial charge on any atom is 0.308 e. The number of hydrogen-bond donors (Lipinski definition) is 1. The van der Waals surface area contributed by atoms with Crippen molar-refractivity contribution < 1.29 is 14.6 Å². The normalized spacial score (nSPS) is 31.6. The first-order chi connectivity index (χ1) is 5.16. The summed E-state index contributed by atoms with van der Waals surface area (Å²) in [5, 5.41) is 9.74. The zero-order valence-corrected chi connectivity index (χ0v) is 6.80. The highest BCUT2D eigenvalue weighted by atomic mass is 16.5. The molecule has 0 bridgehead atoms. The lowest BCUT2D eigenvalue weighted by Crippen LogP contribution is -2.38. The lowest BCUT2D eigenvalue weighted by Gasteiger charge is -2.30. The van der Waals surface area contributed by atoms with E-state index < -0.39 is 5.60 Å². The highest BCUT2D eigenvalue weighted by molar-refractivity contribution is 5.71. The van der Waals surface area contributed by atoms with Crippen molar-refractivity contribution in [1.82, 2.24) is 0 Å². The number of hydrogen-bond acceptors (Lipinski definition) is 3. The summed E-state index contributed by atoms with van der Waals surface area (Å²) >= 11 is 0. The largest absolute Gasteiger partial charge is 0.465 e. The highest BCUT2D eigenvalue weighted by Crippen LogP contribution is 2.25. The Bertz CT molecular complexity index is 151. The smallest absolute Gasteiger partial charge is 0.308 e. The zero-order chi connectivity index (χ0) is 8.32. The van der Waals surface area contributed by atoms with Gasteiger partial charge in [-0.3, -0.25) is 4.79 Å². The molecule has 1 heterocycles. The Morgan fingerprint density at radius 3 is 3.00 bits per heavy atom. The van der Waals surface area contributed by atoms with E-state index in [1.165, 1.54) is 0 Å². The molecule has 3 heteroatoms. The molecule has 1 atom stereocenters. The van der Waals surface area contributed by atoms with Crippen molar-refractivity contribution in [1.29, 1.82) is 0 Å². The molecule has 0 amide bonds. The quantitative estimate of drug-likeness (QED) is 0.606. The lowest BCUT2D eigenvalue weighted by molar-refractivity contribution is -0.160. The van der Waals surface area contributed by atoms with Crippen molar-refractivity contribution in [2.75, 3.05) is 6.61 Å². The number of esters is 1. The molecule has 3 nitrogen and oxygen atoms in total. The van der Waals surface area contributed by atoms with Crippen LogP contribution in [0.2, 0.25) is 0 Å². The summed E-state index contributed by atoms with van der Waals surface area (Å²) in [5.41, 5.74) is -0.774. The van der Waals surface area contributed by atoms with Gasteiger partial charge in [0.15, 0.2) is 0 Å². The molecule has 0 aromatic rings. The molecule has 0 aliphatic carbocycles. The SMILES string of the molecule is CCCC1(O)CCOC(=O)C1. The first kappa shape index (κ1) is 8.53. The van der Waals surface area contributed by atoms with Crippen LogP contribution in [0.15, 0.2) is 0 Å². The van der Waals surface area contributed by atoms with Gasteiger partial charge in [0.1, 0.15) is 0 Å². The third kappa shape index (κ3) is 2.19. The molecular weight excluding hydrogens is 144 g/mol. The number of carbonyl (C=O) groups is 1. The van der Waals surface area contributed by atoms with Gasteiger partial charge in [0.05, 0.1) is 18.6 Å². The molecular formula is C8H14O3. The van der Waals surface area contributed by atoms with E-state index in [1.807, 2.05) is 6.92 Å². The van der Waals surface area contributed by atoms with Gasteiger partial charge in [-0.05, 0) is 6.42 Å². The Morgan fingerprint density at radius 1 is 1.73 bits per heavy atom. The van der Waals surface area contributed by atoms with E-state index in [0.29, 0.717) is 19.4 Å². The highest BCUT2D eigenvalue weighted by Gasteiger charge is 2.33. The van der Waals surface area contributed by atoms with Crippen LogP contribution in [0, 0.1) is 0 Å².